The van der Waals surface area contributed by atoms with Crippen molar-refractivity contribution in [2.75, 3.05) is 0 Å². The van der Waals surface area contributed by atoms with E-state index in [0.29, 0.717) is 0 Å². The van der Waals surface area contributed by atoms with E-state index >= 15 is 0 Å². The van der Waals surface area contributed by atoms with Gasteiger partial charge >= 0.3 is 0 Å². The Balaban J connectivity index is 2.17. The maximum absolute atomic E-state index is 9.05. The lowest BCUT2D eigenvalue weighted by molar-refractivity contribution is 0.0283. The smallest absolute Gasteiger partial charge is 0.192 e. The van der Waals surface area contributed by atoms with E-state index in [9.17, 15) is 0 Å². The van der Waals surface area contributed by atoms with Gasteiger partial charge in [-0.3, -0.25) is 0 Å². The molecule has 2 heteroatoms. The zero-order chi connectivity index (χ0) is 4.91. The average Bonchev–Trinajstić information content (AvgIpc) is 2.09. The fourth-order valence-corrected chi connectivity index (χ4v) is 1.26. The highest BCUT2D eigenvalue weighted by atomic mass is 16.7. The van der Waals surface area contributed by atoms with Crippen molar-refractivity contribution in [2.24, 2.45) is 0 Å². The molecule has 1 saturated heterocycles. The molecule has 40 valence electrons. The third-order valence-electron chi connectivity index (χ3n) is 1.79. The van der Waals surface area contributed by atoms with E-state index in [0.717, 1.165) is 19.3 Å². The molecule has 0 radical (unpaired) electrons. The summed E-state index contributed by atoms with van der Waals surface area (Å²) in [7, 11) is 0. The minimum absolute atomic E-state index is 0.215. The van der Waals surface area contributed by atoms with Crippen molar-refractivity contribution in [3.8, 4) is 0 Å². The quantitative estimate of drug-likeness (QED) is 0.443. The van der Waals surface area contributed by atoms with Crippen molar-refractivity contribution < 1.29 is 9.84 Å². The second-order valence-electron chi connectivity index (χ2n) is 2.34. The lowest BCUT2D eigenvalue weighted by Gasteiger charge is -1.92. The van der Waals surface area contributed by atoms with Crippen LogP contribution in [-0.4, -0.2) is 17.0 Å². The van der Waals surface area contributed by atoms with Crippen LogP contribution in [0.15, 0.2) is 0 Å². The second-order valence-corrected chi connectivity index (χ2v) is 2.34. The van der Waals surface area contributed by atoms with Gasteiger partial charge < -0.3 is 9.84 Å². The number of hydrogen-bond acceptors (Lipinski definition) is 2. The zero-order valence-corrected chi connectivity index (χ0v) is 4.05. The number of hydrogen-bond donors (Lipinski definition) is 1. The van der Waals surface area contributed by atoms with Gasteiger partial charge in [-0.25, -0.2) is 0 Å². The molecule has 2 unspecified atom stereocenters. The van der Waals surface area contributed by atoms with Gasteiger partial charge in [-0.05, 0) is 12.8 Å². The van der Waals surface area contributed by atoms with Crippen LogP contribution in [0.4, 0.5) is 0 Å². The molecule has 0 aromatic rings. The second kappa shape index (κ2) is 0.858. The van der Waals surface area contributed by atoms with Crippen LogP contribution in [0.25, 0.3) is 0 Å². The molecule has 0 aromatic carbocycles. The van der Waals surface area contributed by atoms with Crippen molar-refractivity contribution in [3.05, 3.63) is 0 Å². The predicted octanol–water partition coefficient (Wildman–Crippen LogP) is 0.258. The molecule has 0 spiro atoms. The molecule has 1 aliphatic carbocycles. The summed E-state index contributed by atoms with van der Waals surface area (Å²) in [4.78, 5) is 0. The average molecular weight is 100 g/mol. The Morgan fingerprint density at radius 2 is 2.57 bits per heavy atom. The summed E-state index contributed by atoms with van der Waals surface area (Å²) in [6, 6.07) is 0. The van der Waals surface area contributed by atoms with Crippen LogP contribution in [-0.2, 0) is 4.74 Å². The van der Waals surface area contributed by atoms with E-state index in [-0.39, 0.29) is 6.10 Å². The van der Waals surface area contributed by atoms with E-state index in [4.69, 9.17) is 9.84 Å². The van der Waals surface area contributed by atoms with E-state index in [1.807, 2.05) is 0 Å². The Morgan fingerprint density at radius 3 is 2.71 bits per heavy atom. The van der Waals surface area contributed by atoms with Crippen molar-refractivity contribution in [2.45, 2.75) is 31.2 Å². The number of rotatable bonds is 0. The summed E-state index contributed by atoms with van der Waals surface area (Å²) in [6.45, 7) is 0. The largest absolute Gasteiger partial charge is 0.363 e. The lowest BCUT2D eigenvalue weighted by atomic mass is 10.3. The highest BCUT2D eigenvalue weighted by Crippen LogP contribution is 2.47. The van der Waals surface area contributed by atoms with Crippen molar-refractivity contribution in [3.63, 3.8) is 0 Å². The summed E-state index contributed by atoms with van der Waals surface area (Å²) in [5.74, 6) is -0.639. The van der Waals surface area contributed by atoms with Crippen molar-refractivity contribution in [1.29, 1.82) is 0 Å². The maximum atomic E-state index is 9.05. The van der Waals surface area contributed by atoms with E-state index in [1.165, 1.54) is 0 Å². The van der Waals surface area contributed by atoms with Crippen LogP contribution in [0.2, 0.25) is 0 Å². The first-order valence-corrected chi connectivity index (χ1v) is 2.71. The summed E-state index contributed by atoms with van der Waals surface area (Å²) in [5.41, 5.74) is 0. The van der Waals surface area contributed by atoms with E-state index < -0.39 is 5.79 Å². The van der Waals surface area contributed by atoms with E-state index in [2.05, 4.69) is 0 Å². The predicted molar refractivity (Wildman–Crippen MR) is 23.7 cm³/mol. The van der Waals surface area contributed by atoms with Crippen molar-refractivity contribution in [1.82, 2.24) is 0 Å². The van der Waals surface area contributed by atoms with Crippen LogP contribution in [0.3, 0.4) is 0 Å². The number of ether oxygens (including phenoxy) is 1. The first kappa shape index (κ1) is 3.87. The molecule has 7 heavy (non-hydrogen) atoms. The highest BCUT2D eigenvalue weighted by molar-refractivity contribution is 4.98. The normalized spacial score (nSPS) is 57.0. The van der Waals surface area contributed by atoms with Gasteiger partial charge in [-0.15, -0.1) is 0 Å². The molecule has 2 nitrogen and oxygen atoms in total. The van der Waals surface area contributed by atoms with Crippen LogP contribution < -0.4 is 0 Å². The Bertz CT molecular complexity index is 100. The van der Waals surface area contributed by atoms with Gasteiger partial charge in [-0.1, -0.05) is 0 Å². The lowest BCUT2D eigenvalue weighted by Crippen LogP contribution is -2.05. The third-order valence-corrected chi connectivity index (χ3v) is 1.79. The molecule has 1 aliphatic heterocycles. The van der Waals surface area contributed by atoms with Gasteiger partial charge in [0, 0.05) is 6.42 Å². The monoisotopic (exact) mass is 100 g/mol. The Hall–Kier alpha value is -0.0800. The fraction of sp³-hybridized carbons (Fsp3) is 1.00. The molecule has 2 atom stereocenters. The Morgan fingerprint density at radius 1 is 1.71 bits per heavy atom. The van der Waals surface area contributed by atoms with Gasteiger partial charge in [0.2, 0.25) is 0 Å². The number of aliphatic hydroxyl groups is 1. The molecule has 1 N–H and O–H groups in total. The first-order valence-electron chi connectivity index (χ1n) is 2.71. The summed E-state index contributed by atoms with van der Waals surface area (Å²) in [6.07, 6.45) is 3.28. The number of fused-ring (bicyclic) bond motifs is 1. The maximum Gasteiger partial charge on any atom is 0.192 e. The van der Waals surface area contributed by atoms with Gasteiger partial charge in [-0.2, -0.15) is 0 Å². The van der Waals surface area contributed by atoms with Crippen LogP contribution in [0.1, 0.15) is 19.3 Å². The molecule has 2 aliphatic rings. The molecular formula is C5H8O2. The third kappa shape index (κ3) is 0.359. The molecule has 0 aromatic heterocycles. The summed E-state index contributed by atoms with van der Waals surface area (Å²) < 4.78 is 4.90. The molecule has 1 heterocycles. The van der Waals surface area contributed by atoms with Gasteiger partial charge in [0.15, 0.2) is 5.79 Å². The molecule has 1 saturated carbocycles. The minimum atomic E-state index is -0.639. The first-order chi connectivity index (χ1) is 3.31. The fourth-order valence-electron chi connectivity index (χ4n) is 1.26. The van der Waals surface area contributed by atoms with Gasteiger partial charge in [0.05, 0.1) is 0 Å². The minimum Gasteiger partial charge on any atom is -0.363 e. The zero-order valence-electron chi connectivity index (χ0n) is 4.05. The summed E-state index contributed by atoms with van der Waals surface area (Å²) in [5, 5.41) is 9.05. The SMILES string of the molecule is OC12CCCC1O2. The Labute approximate surface area is 42.1 Å². The summed E-state index contributed by atoms with van der Waals surface area (Å²) >= 11 is 0. The molecule has 0 bridgehead atoms. The van der Waals surface area contributed by atoms with E-state index in [1.54, 1.807) is 0 Å². The van der Waals surface area contributed by atoms with Crippen LogP contribution >= 0.6 is 0 Å². The standard InChI is InChI=1S/C5H8O2/c6-5-3-1-2-4(5)7-5/h4,6H,1-3H2. The molecule has 2 fully saturated rings. The highest BCUT2D eigenvalue weighted by Gasteiger charge is 2.58. The Kier molecular flexibility index (Phi) is 0.474. The van der Waals surface area contributed by atoms with Crippen molar-refractivity contribution >= 4 is 0 Å². The van der Waals surface area contributed by atoms with Gasteiger partial charge in [0.25, 0.3) is 0 Å². The number of epoxide rings is 1. The topological polar surface area (TPSA) is 32.8 Å². The van der Waals surface area contributed by atoms with Crippen LogP contribution in [0, 0.1) is 0 Å². The van der Waals surface area contributed by atoms with Crippen LogP contribution in [0.5, 0.6) is 0 Å². The molecular weight excluding hydrogens is 92.1 g/mol. The van der Waals surface area contributed by atoms with Gasteiger partial charge in [0.1, 0.15) is 6.10 Å². The molecule has 0 amide bonds. The molecule has 2 rings (SSSR count).